The second-order valence-corrected chi connectivity index (χ2v) is 7.95. The summed E-state index contributed by atoms with van der Waals surface area (Å²) in [6.07, 6.45) is 3.73. The highest BCUT2D eigenvalue weighted by Gasteiger charge is 2.19. The minimum Gasteiger partial charge on any atom is -0.372 e. The van der Waals surface area contributed by atoms with Gasteiger partial charge in [0.05, 0.1) is 24.4 Å². The minimum atomic E-state index is -0.303. The van der Waals surface area contributed by atoms with Crippen LogP contribution in [0.2, 0.25) is 5.02 Å². The van der Waals surface area contributed by atoms with E-state index in [1.807, 2.05) is 54.6 Å². The van der Waals surface area contributed by atoms with Crippen LogP contribution >= 0.6 is 11.6 Å². The second-order valence-electron chi connectivity index (χ2n) is 7.54. The first kappa shape index (κ1) is 21.3. The fourth-order valence-electron chi connectivity index (χ4n) is 3.47. The lowest BCUT2D eigenvalue weighted by molar-refractivity contribution is 0.0946. The summed E-state index contributed by atoms with van der Waals surface area (Å²) in [5.74, 6) is 0.259. The Bertz CT molecular complexity index is 1010. The average molecular weight is 437 g/mol. The molecule has 1 aromatic heterocycles. The van der Waals surface area contributed by atoms with Crippen molar-refractivity contribution in [2.45, 2.75) is 32.6 Å². The van der Waals surface area contributed by atoms with Crippen LogP contribution in [0, 0.1) is 0 Å². The van der Waals surface area contributed by atoms with Crippen molar-refractivity contribution in [1.82, 2.24) is 15.3 Å². The van der Waals surface area contributed by atoms with Gasteiger partial charge in [-0.15, -0.1) is 0 Å². The summed E-state index contributed by atoms with van der Waals surface area (Å²) in [5, 5.41) is 3.15. The topological polar surface area (TPSA) is 67.3 Å². The lowest BCUT2D eigenvalue weighted by atomic mass is 10.1. The molecule has 2 aromatic carbocycles. The van der Waals surface area contributed by atoms with Crippen LogP contribution in [0.15, 0.2) is 60.8 Å². The van der Waals surface area contributed by atoms with Crippen molar-refractivity contribution in [3.05, 3.63) is 88.2 Å². The van der Waals surface area contributed by atoms with E-state index in [-0.39, 0.29) is 16.6 Å². The zero-order valence-electron chi connectivity index (χ0n) is 17.3. The van der Waals surface area contributed by atoms with E-state index in [0.29, 0.717) is 25.7 Å². The molecule has 6 nitrogen and oxygen atoms in total. The van der Waals surface area contributed by atoms with Gasteiger partial charge in [-0.25, -0.2) is 9.97 Å². The molecular formula is C24H25ClN4O2. The molecule has 2 heterocycles. The number of hydrogen-bond donors (Lipinski definition) is 1. The normalized spacial score (nSPS) is 13.4. The van der Waals surface area contributed by atoms with Crippen molar-refractivity contribution in [2.75, 3.05) is 18.0 Å². The Morgan fingerprint density at radius 3 is 2.32 bits per heavy atom. The van der Waals surface area contributed by atoms with Crippen molar-refractivity contribution < 1.29 is 9.53 Å². The molecule has 1 aliphatic rings. The molecule has 1 N–H and O–H groups in total. The van der Waals surface area contributed by atoms with E-state index in [1.165, 1.54) is 6.20 Å². The summed E-state index contributed by atoms with van der Waals surface area (Å²) in [7, 11) is 0. The first-order valence-electron chi connectivity index (χ1n) is 10.4. The summed E-state index contributed by atoms with van der Waals surface area (Å²) in [5.41, 5.74) is 3.44. The number of benzene rings is 2. The van der Waals surface area contributed by atoms with Gasteiger partial charge in [0.25, 0.3) is 5.91 Å². The van der Waals surface area contributed by atoms with Gasteiger partial charge in [-0.05, 0) is 29.5 Å². The number of halogens is 1. The molecule has 1 aliphatic heterocycles. The van der Waals surface area contributed by atoms with Crippen LogP contribution in [0.4, 0.5) is 5.95 Å². The maximum Gasteiger partial charge on any atom is 0.271 e. The molecule has 0 spiro atoms. The van der Waals surface area contributed by atoms with E-state index in [4.69, 9.17) is 16.3 Å². The number of ether oxygens (including phenoxy) is 1. The Balaban J connectivity index is 1.29. The van der Waals surface area contributed by atoms with Gasteiger partial charge < -0.3 is 15.0 Å². The lowest BCUT2D eigenvalue weighted by Gasteiger charge is -2.16. The molecular weight excluding hydrogens is 412 g/mol. The van der Waals surface area contributed by atoms with Crippen LogP contribution in [0.5, 0.6) is 0 Å². The molecule has 1 fully saturated rings. The van der Waals surface area contributed by atoms with Crippen molar-refractivity contribution >= 4 is 23.5 Å². The molecule has 0 bridgehead atoms. The second kappa shape index (κ2) is 10.4. The summed E-state index contributed by atoms with van der Waals surface area (Å²) < 4.78 is 5.77. The predicted molar refractivity (Wildman–Crippen MR) is 121 cm³/mol. The number of carbonyl (C=O) groups excluding carboxylic acids is 1. The summed E-state index contributed by atoms with van der Waals surface area (Å²) in [6, 6.07) is 18.1. The van der Waals surface area contributed by atoms with Crippen LogP contribution in [-0.2, 0) is 24.5 Å². The van der Waals surface area contributed by atoms with Crippen LogP contribution in [0.3, 0.4) is 0 Å². The molecule has 1 amide bonds. The van der Waals surface area contributed by atoms with Crippen molar-refractivity contribution in [1.29, 1.82) is 0 Å². The highest BCUT2D eigenvalue weighted by Crippen LogP contribution is 2.20. The molecule has 160 valence electrons. The molecule has 7 heteroatoms. The van der Waals surface area contributed by atoms with Gasteiger partial charge >= 0.3 is 0 Å². The first-order valence-corrected chi connectivity index (χ1v) is 10.8. The summed E-state index contributed by atoms with van der Waals surface area (Å²) >= 11 is 6.17. The largest absolute Gasteiger partial charge is 0.372 e. The number of amides is 1. The Morgan fingerprint density at radius 1 is 0.968 bits per heavy atom. The van der Waals surface area contributed by atoms with Crippen molar-refractivity contribution in [2.24, 2.45) is 0 Å². The first-order chi connectivity index (χ1) is 15.2. The Labute approximate surface area is 187 Å². The Morgan fingerprint density at radius 2 is 1.61 bits per heavy atom. The quantitative estimate of drug-likeness (QED) is 0.567. The molecule has 3 aromatic rings. The van der Waals surface area contributed by atoms with Crippen LogP contribution in [-0.4, -0.2) is 29.0 Å². The van der Waals surface area contributed by atoms with E-state index in [0.717, 1.165) is 42.6 Å². The monoisotopic (exact) mass is 436 g/mol. The van der Waals surface area contributed by atoms with E-state index >= 15 is 0 Å². The smallest absolute Gasteiger partial charge is 0.271 e. The number of nitrogens with zero attached hydrogens (tertiary/aromatic N) is 3. The van der Waals surface area contributed by atoms with E-state index < -0.39 is 0 Å². The lowest BCUT2D eigenvalue weighted by Crippen LogP contribution is -2.26. The standard InChI is InChI=1S/C24H25ClN4O2/c25-21-15-27-24(29-12-4-5-13-29)28-22(21)23(30)26-14-18-8-10-20(11-9-18)17-31-16-19-6-2-1-3-7-19/h1-3,6-11,15H,4-5,12-14,16-17H2,(H,26,30). The van der Waals surface area contributed by atoms with Crippen molar-refractivity contribution in [3.63, 3.8) is 0 Å². The van der Waals surface area contributed by atoms with Crippen LogP contribution < -0.4 is 10.2 Å². The van der Waals surface area contributed by atoms with Gasteiger partial charge in [0.15, 0.2) is 5.69 Å². The molecule has 1 saturated heterocycles. The third-order valence-electron chi connectivity index (χ3n) is 5.19. The molecule has 0 unspecified atom stereocenters. The SMILES string of the molecule is O=C(NCc1ccc(COCc2ccccc2)cc1)c1nc(N2CCCC2)ncc1Cl. The number of anilines is 1. The molecule has 0 aliphatic carbocycles. The minimum absolute atomic E-state index is 0.212. The number of nitrogens with one attached hydrogen (secondary N) is 1. The van der Waals surface area contributed by atoms with Gasteiger partial charge in [-0.2, -0.15) is 0 Å². The third kappa shape index (κ3) is 5.81. The molecule has 4 rings (SSSR count). The fourth-order valence-corrected chi connectivity index (χ4v) is 3.64. The van der Waals surface area contributed by atoms with Crippen LogP contribution in [0.1, 0.15) is 40.0 Å². The van der Waals surface area contributed by atoms with E-state index in [9.17, 15) is 4.79 Å². The molecule has 0 atom stereocenters. The molecule has 31 heavy (non-hydrogen) atoms. The third-order valence-corrected chi connectivity index (χ3v) is 5.47. The van der Waals surface area contributed by atoms with Gasteiger partial charge in [0.1, 0.15) is 0 Å². The predicted octanol–water partition coefficient (Wildman–Crippen LogP) is 4.38. The molecule has 0 saturated carbocycles. The summed E-state index contributed by atoms with van der Waals surface area (Å²) in [4.78, 5) is 23.4. The number of aromatic nitrogens is 2. The van der Waals surface area contributed by atoms with Crippen LogP contribution in [0.25, 0.3) is 0 Å². The highest BCUT2D eigenvalue weighted by atomic mass is 35.5. The zero-order valence-corrected chi connectivity index (χ0v) is 18.0. The van der Waals surface area contributed by atoms with Gasteiger partial charge in [-0.1, -0.05) is 66.2 Å². The van der Waals surface area contributed by atoms with Gasteiger partial charge in [0, 0.05) is 19.6 Å². The summed E-state index contributed by atoms with van der Waals surface area (Å²) in [6.45, 7) is 3.33. The average Bonchev–Trinajstić information content (AvgIpc) is 3.34. The number of hydrogen-bond acceptors (Lipinski definition) is 5. The number of carbonyl (C=O) groups is 1. The fraction of sp³-hybridized carbons (Fsp3) is 0.292. The maximum absolute atomic E-state index is 12.6. The Hall–Kier alpha value is -2.96. The van der Waals surface area contributed by atoms with Gasteiger partial charge in [-0.3, -0.25) is 4.79 Å². The Kier molecular flexibility index (Phi) is 7.12. The van der Waals surface area contributed by atoms with Gasteiger partial charge in [0.2, 0.25) is 5.95 Å². The number of rotatable bonds is 8. The van der Waals surface area contributed by atoms with E-state index in [2.05, 4.69) is 20.2 Å². The highest BCUT2D eigenvalue weighted by molar-refractivity contribution is 6.33. The van der Waals surface area contributed by atoms with Crippen molar-refractivity contribution in [3.8, 4) is 0 Å². The molecule has 0 radical (unpaired) electrons. The zero-order chi connectivity index (χ0) is 21.5. The maximum atomic E-state index is 12.6. The van der Waals surface area contributed by atoms with E-state index in [1.54, 1.807) is 0 Å².